The van der Waals surface area contributed by atoms with E-state index in [1.54, 1.807) is 0 Å². The van der Waals surface area contributed by atoms with Gasteiger partial charge >= 0.3 is 6.18 Å². The van der Waals surface area contributed by atoms with Crippen molar-refractivity contribution in [3.63, 3.8) is 0 Å². The van der Waals surface area contributed by atoms with Gasteiger partial charge < -0.3 is 10.8 Å². The number of benzene rings is 1. The molecule has 0 heterocycles. The lowest BCUT2D eigenvalue weighted by Gasteiger charge is -2.23. The molecular formula is C10H12ClF4NO. The van der Waals surface area contributed by atoms with Crippen LogP contribution in [0.15, 0.2) is 18.2 Å². The highest BCUT2D eigenvalue weighted by atomic mass is 35.5. The molecule has 0 saturated heterocycles. The van der Waals surface area contributed by atoms with Gasteiger partial charge in [-0.25, -0.2) is 4.39 Å². The zero-order valence-electron chi connectivity index (χ0n) is 8.83. The molecule has 2 nitrogen and oxygen atoms in total. The molecule has 7 heteroatoms. The molecule has 0 bridgehead atoms. The van der Waals surface area contributed by atoms with Crippen LogP contribution in [0.2, 0.25) is 0 Å². The van der Waals surface area contributed by atoms with Gasteiger partial charge in [0, 0.05) is 0 Å². The van der Waals surface area contributed by atoms with Crippen molar-refractivity contribution in [1.82, 2.24) is 0 Å². The van der Waals surface area contributed by atoms with Crippen LogP contribution in [0.25, 0.3) is 0 Å². The van der Waals surface area contributed by atoms with Gasteiger partial charge in [-0.3, -0.25) is 0 Å². The fourth-order valence-electron chi connectivity index (χ4n) is 1.36. The molecule has 0 aliphatic heterocycles. The van der Waals surface area contributed by atoms with Crippen LogP contribution < -0.4 is 5.73 Å². The average Bonchev–Trinajstić information content (AvgIpc) is 2.18. The maximum atomic E-state index is 13.1. The standard InChI is InChI=1S/C10H11F4NO.ClH/c1-5-6(3-2-4-7(5)11)8(15)9(16)10(12,13)14;/h2-4,8-9,16H,15H2,1H3;1H/t8-,9-;/m1./s1. The van der Waals surface area contributed by atoms with Gasteiger partial charge in [0.15, 0.2) is 6.10 Å². The van der Waals surface area contributed by atoms with Gasteiger partial charge in [0.25, 0.3) is 0 Å². The van der Waals surface area contributed by atoms with E-state index in [0.29, 0.717) is 0 Å². The molecular weight excluding hydrogens is 262 g/mol. The molecule has 2 atom stereocenters. The van der Waals surface area contributed by atoms with Crippen molar-refractivity contribution in [3.8, 4) is 0 Å². The van der Waals surface area contributed by atoms with Crippen LogP contribution in [0.4, 0.5) is 17.6 Å². The van der Waals surface area contributed by atoms with E-state index in [-0.39, 0.29) is 23.5 Å². The fraction of sp³-hybridized carbons (Fsp3) is 0.400. The predicted molar refractivity (Wildman–Crippen MR) is 57.4 cm³/mol. The normalized spacial score (nSPS) is 15.0. The Bertz CT molecular complexity index is 383. The summed E-state index contributed by atoms with van der Waals surface area (Å²) in [6.07, 6.45) is -7.52. The van der Waals surface area contributed by atoms with E-state index in [2.05, 4.69) is 0 Å². The van der Waals surface area contributed by atoms with Gasteiger partial charge in [0.05, 0.1) is 6.04 Å². The minimum absolute atomic E-state index is 0. The van der Waals surface area contributed by atoms with Gasteiger partial charge in [0.2, 0.25) is 0 Å². The summed E-state index contributed by atoms with van der Waals surface area (Å²) in [5.41, 5.74) is 5.22. The van der Waals surface area contributed by atoms with E-state index >= 15 is 0 Å². The highest BCUT2D eigenvalue weighted by Crippen LogP contribution is 2.30. The third-order valence-electron chi connectivity index (χ3n) is 2.34. The Kier molecular flexibility index (Phi) is 5.38. The first kappa shape index (κ1) is 16.1. The van der Waals surface area contributed by atoms with E-state index in [1.165, 1.54) is 19.1 Å². The minimum atomic E-state index is -4.82. The van der Waals surface area contributed by atoms with Gasteiger partial charge in [0.1, 0.15) is 5.82 Å². The molecule has 0 radical (unpaired) electrons. The Hall–Kier alpha value is -0.850. The van der Waals surface area contributed by atoms with Crippen molar-refractivity contribution in [2.75, 3.05) is 0 Å². The van der Waals surface area contributed by atoms with Crippen LogP contribution >= 0.6 is 12.4 Å². The first-order valence-electron chi connectivity index (χ1n) is 4.50. The highest BCUT2D eigenvalue weighted by molar-refractivity contribution is 5.85. The summed E-state index contributed by atoms with van der Waals surface area (Å²) in [6, 6.07) is 1.94. The number of rotatable bonds is 2. The molecule has 98 valence electrons. The number of hydrogen-bond donors (Lipinski definition) is 2. The maximum Gasteiger partial charge on any atom is 0.416 e. The summed E-state index contributed by atoms with van der Waals surface area (Å²) in [7, 11) is 0. The van der Waals surface area contributed by atoms with E-state index in [1.807, 2.05) is 0 Å². The fourth-order valence-corrected chi connectivity index (χ4v) is 1.36. The number of nitrogens with two attached hydrogens (primary N) is 1. The Morgan fingerprint density at radius 1 is 1.29 bits per heavy atom. The van der Waals surface area contributed by atoms with Crippen molar-refractivity contribution in [1.29, 1.82) is 0 Å². The van der Waals surface area contributed by atoms with Crippen molar-refractivity contribution in [2.45, 2.75) is 25.2 Å². The lowest BCUT2D eigenvalue weighted by Crippen LogP contribution is -2.39. The molecule has 1 aromatic rings. The number of alkyl halides is 3. The number of hydrogen-bond acceptors (Lipinski definition) is 2. The Balaban J connectivity index is 0.00000256. The van der Waals surface area contributed by atoms with Crippen LogP contribution in [0.3, 0.4) is 0 Å². The molecule has 0 aliphatic carbocycles. The van der Waals surface area contributed by atoms with Crippen molar-refractivity contribution in [3.05, 3.63) is 35.1 Å². The summed E-state index contributed by atoms with van der Waals surface area (Å²) >= 11 is 0. The van der Waals surface area contributed by atoms with Crippen LogP contribution in [0, 0.1) is 12.7 Å². The Labute approximate surface area is 102 Å². The maximum absolute atomic E-state index is 13.1. The van der Waals surface area contributed by atoms with Gasteiger partial charge in [-0.2, -0.15) is 13.2 Å². The first-order chi connectivity index (χ1) is 7.25. The smallest absolute Gasteiger partial charge is 0.382 e. The largest absolute Gasteiger partial charge is 0.416 e. The zero-order chi connectivity index (χ0) is 12.5. The summed E-state index contributed by atoms with van der Waals surface area (Å²) in [5, 5.41) is 8.95. The SMILES string of the molecule is Cc1c(F)cccc1[C@@H](N)[C@@H](O)C(F)(F)F.Cl. The molecule has 0 fully saturated rings. The molecule has 1 rings (SSSR count). The molecule has 17 heavy (non-hydrogen) atoms. The zero-order valence-corrected chi connectivity index (χ0v) is 9.65. The number of aliphatic hydroxyl groups is 1. The summed E-state index contributed by atoms with van der Waals surface area (Å²) in [4.78, 5) is 0. The average molecular weight is 274 g/mol. The highest BCUT2D eigenvalue weighted by Gasteiger charge is 2.43. The molecule has 0 spiro atoms. The molecule has 0 aliphatic rings. The Morgan fingerprint density at radius 3 is 2.29 bits per heavy atom. The van der Waals surface area contributed by atoms with E-state index in [9.17, 15) is 17.6 Å². The number of halogens is 5. The third-order valence-corrected chi connectivity index (χ3v) is 2.34. The van der Waals surface area contributed by atoms with E-state index < -0.39 is 24.1 Å². The van der Waals surface area contributed by atoms with Gasteiger partial charge in [-0.1, -0.05) is 12.1 Å². The third kappa shape index (κ3) is 3.55. The van der Waals surface area contributed by atoms with Crippen LogP contribution in [-0.2, 0) is 0 Å². The summed E-state index contributed by atoms with van der Waals surface area (Å²) < 4.78 is 49.7. The summed E-state index contributed by atoms with van der Waals surface area (Å²) in [5.74, 6) is -0.651. The molecule has 0 amide bonds. The van der Waals surface area contributed by atoms with E-state index in [4.69, 9.17) is 10.8 Å². The van der Waals surface area contributed by atoms with Crippen LogP contribution in [-0.4, -0.2) is 17.4 Å². The second-order valence-electron chi connectivity index (χ2n) is 3.47. The lowest BCUT2D eigenvalue weighted by atomic mass is 9.97. The molecule has 0 saturated carbocycles. The lowest BCUT2D eigenvalue weighted by molar-refractivity contribution is -0.210. The predicted octanol–water partition coefficient (Wildman–Crippen LogP) is 2.48. The van der Waals surface area contributed by atoms with Crippen molar-refractivity contribution < 1.29 is 22.7 Å². The monoisotopic (exact) mass is 273 g/mol. The molecule has 1 aromatic carbocycles. The van der Waals surface area contributed by atoms with Gasteiger partial charge in [-0.15, -0.1) is 12.4 Å². The minimum Gasteiger partial charge on any atom is -0.382 e. The first-order valence-corrected chi connectivity index (χ1v) is 4.50. The topological polar surface area (TPSA) is 46.2 Å². The van der Waals surface area contributed by atoms with Crippen LogP contribution in [0.1, 0.15) is 17.2 Å². The van der Waals surface area contributed by atoms with E-state index in [0.717, 1.165) is 6.07 Å². The quantitative estimate of drug-likeness (QED) is 0.813. The van der Waals surface area contributed by atoms with Crippen molar-refractivity contribution >= 4 is 12.4 Å². The Morgan fingerprint density at radius 2 is 1.82 bits per heavy atom. The summed E-state index contributed by atoms with van der Waals surface area (Å²) in [6.45, 7) is 1.31. The second-order valence-corrected chi connectivity index (χ2v) is 3.47. The molecule has 3 N–H and O–H groups in total. The molecule has 0 aromatic heterocycles. The molecule has 0 unspecified atom stereocenters. The van der Waals surface area contributed by atoms with Crippen LogP contribution in [0.5, 0.6) is 0 Å². The van der Waals surface area contributed by atoms with Crippen molar-refractivity contribution in [2.24, 2.45) is 5.73 Å². The number of aliphatic hydroxyl groups excluding tert-OH is 1. The second kappa shape index (κ2) is 5.66. The van der Waals surface area contributed by atoms with Gasteiger partial charge in [-0.05, 0) is 24.1 Å².